The molecule has 1 saturated heterocycles. The van der Waals surface area contributed by atoms with Gasteiger partial charge in [0.1, 0.15) is 12.4 Å². The van der Waals surface area contributed by atoms with Crippen LogP contribution in [-0.2, 0) is 6.42 Å². The number of thiocarbonyl (C=S) groups is 1. The molecule has 1 aliphatic rings. The van der Waals surface area contributed by atoms with Crippen molar-refractivity contribution in [2.45, 2.75) is 26.7 Å². The Morgan fingerprint density at radius 1 is 1.35 bits per heavy atom. The van der Waals surface area contributed by atoms with Gasteiger partial charge in [-0.05, 0) is 36.1 Å². The van der Waals surface area contributed by atoms with Gasteiger partial charge in [-0.3, -0.25) is 4.90 Å². The van der Waals surface area contributed by atoms with Gasteiger partial charge in [0, 0.05) is 19.5 Å². The molecule has 3 nitrogen and oxygen atoms in total. The molecule has 1 fully saturated rings. The number of rotatable bonds is 6. The van der Waals surface area contributed by atoms with Gasteiger partial charge >= 0.3 is 0 Å². The second-order valence-corrected chi connectivity index (χ2v) is 6.85. The quantitative estimate of drug-likeness (QED) is 0.818. The van der Waals surface area contributed by atoms with Crippen molar-refractivity contribution in [1.29, 1.82) is 0 Å². The van der Waals surface area contributed by atoms with Crippen molar-refractivity contribution in [2.75, 3.05) is 26.2 Å². The average molecular weight is 292 g/mol. The lowest BCUT2D eigenvalue weighted by molar-refractivity contribution is 0.222. The maximum absolute atomic E-state index is 5.79. The smallest absolute Gasteiger partial charge is 0.119 e. The third-order valence-electron chi connectivity index (χ3n) is 3.73. The maximum atomic E-state index is 5.79. The van der Waals surface area contributed by atoms with Gasteiger partial charge in [-0.15, -0.1) is 0 Å². The average Bonchev–Trinajstić information content (AvgIpc) is 2.70. The number of hydrogen-bond acceptors (Lipinski definition) is 3. The van der Waals surface area contributed by atoms with Crippen LogP contribution in [0, 0.1) is 5.41 Å². The molecule has 4 heteroatoms. The lowest BCUT2D eigenvalue weighted by atomic mass is 9.93. The summed E-state index contributed by atoms with van der Waals surface area (Å²) in [5.41, 5.74) is 7.12. The minimum atomic E-state index is 0.461. The highest BCUT2D eigenvalue weighted by molar-refractivity contribution is 7.80. The molecule has 0 aliphatic carbocycles. The summed E-state index contributed by atoms with van der Waals surface area (Å²) < 4.78 is 5.79. The molecule has 110 valence electrons. The number of likely N-dealkylation sites (tertiary alicyclic amines) is 1. The summed E-state index contributed by atoms with van der Waals surface area (Å²) in [6.45, 7) is 8.75. The van der Waals surface area contributed by atoms with Gasteiger partial charge < -0.3 is 10.5 Å². The van der Waals surface area contributed by atoms with Crippen LogP contribution in [0.4, 0.5) is 0 Å². The molecule has 0 atom stereocenters. The normalized spacial score (nSPS) is 18.1. The van der Waals surface area contributed by atoms with Gasteiger partial charge in [-0.1, -0.05) is 38.2 Å². The Morgan fingerprint density at radius 3 is 2.60 bits per heavy atom. The fourth-order valence-corrected chi connectivity index (χ4v) is 2.78. The van der Waals surface area contributed by atoms with E-state index in [1.54, 1.807) is 0 Å². The van der Waals surface area contributed by atoms with Gasteiger partial charge in [-0.2, -0.15) is 0 Å². The molecule has 0 radical (unpaired) electrons. The molecule has 1 aromatic carbocycles. The zero-order valence-electron chi connectivity index (χ0n) is 12.4. The maximum Gasteiger partial charge on any atom is 0.119 e. The Morgan fingerprint density at radius 2 is 2.05 bits per heavy atom. The molecule has 2 rings (SSSR count). The molecular weight excluding hydrogens is 268 g/mol. The summed E-state index contributed by atoms with van der Waals surface area (Å²) >= 11 is 4.90. The first-order valence-electron chi connectivity index (χ1n) is 7.17. The molecule has 0 spiro atoms. The second-order valence-electron chi connectivity index (χ2n) is 6.33. The molecular formula is C16H24N2OS. The van der Waals surface area contributed by atoms with Crippen LogP contribution in [0.5, 0.6) is 5.75 Å². The monoisotopic (exact) mass is 292 g/mol. The van der Waals surface area contributed by atoms with E-state index in [0.29, 0.717) is 16.8 Å². The van der Waals surface area contributed by atoms with E-state index in [-0.39, 0.29) is 0 Å². The third-order valence-corrected chi connectivity index (χ3v) is 3.88. The second kappa shape index (κ2) is 6.55. The van der Waals surface area contributed by atoms with E-state index in [1.807, 2.05) is 24.3 Å². The summed E-state index contributed by atoms with van der Waals surface area (Å²) in [7, 11) is 0. The van der Waals surface area contributed by atoms with E-state index in [9.17, 15) is 0 Å². The highest BCUT2D eigenvalue weighted by Gasteiger charge is 2.28. The molecule has 20 heavy (non-hydrogen) atoms. The minimum absolute atomic E-state index is 0.461. The summed E-state index contributed by atoms with van der Waals surface area (Å²) in [5, 5.41) is 0. The van der Waals surface area contributed by atoms with Crippen molar-refractivity contribution < 1.29 is 4.74 Å². The van der Waals surface area contributed by atoms with E-state index >= 15 is 0 Å². The van der Waals surface area contributed by atoms with Crippen LogP contribution < -0.4 is 10.5 Å². The molecule has 0 saturated carbocycles. The van der Waals surface area contributed by atoms with Gasteiger partial charge in [0.15, 0.2) is 0 Å². The molecule has 2 N–H and O–H groups in total. The molecule has 0 aromatic heterocycles. The van der Waals surface area contributed by atoms with Crippen LogP contribution in [0.15, 0.2) is 24.3 Å². The summed E-state index contributed by atoms with van der Waals surface area (Å²) in [6, 6.07) is 8.02. The predicted octanol–water partition coefficient (Wildman–Crippen LogP) is 2.63. The van der Waals surface area contributed by atoms with E-state index in [2.05, 4.69) is 18.7 Å². The number of nitrogens with zero attached hydrogens (tertiary/aromatic N) is 1. The van der Waals surface area contributed by atoms with Crippen molar-refractivity contribution in [1.82, 2.24) is 4.90 Å². The highest BCUT2D eigenvalue weighted by Crippen LogP contribution is 2.28. The zero-order valence-corrected chi connectivity index (χ0v) is 13.2. The molecule has 1 heterocycles. The SMILES string of the molecule is CC1(C)CCN(CCOc2ccc(CC(N)=S)cc2)C1. The number of benzene rings is 1. The summed E-state index contributed by atoms with van der Waals surface area (Å²) in [4.78, 5) is 3.00. The fourth-order valence-electron chi connectivity index (χ4n) is 2.61. The van der Waals surface area contributed by atoms with E-state index in [0.717, 1.165) is 24.5 Å². The summed E-state index contributed by atoms with van der Waals surface area (Å²) in [5.74, 6) is 0.912. The number of nitrogens with two attached hydrogens (primary N) is 1. The lowest BCUT2D eigenvalue weighted by Gasteiger charge is -2.19. The van der Waals surface area contributed by atoms with Crippen LogP contribution in [0.25, 0.3) is 0 Å². The van der Waals surface area contributed by atoms with Gasteiger partial charge in [0.05, 0.1) is 4.99 Å². The van der Waals surface area contributed by atoms with Crippen LogP contribution in [-0.4, -0.2) is 36.1 Å². The van der Waals surface area contributed by atoms with Crippen LogP contribution in [0.2, 0.25) is 0 Å². The van der Waals surface area contributed by atoms with Crippen molar-refractivity contribution in [3.05, 3.63) is 29.8 Å². The van der Waals surface area contributed by atoms with Crippen molar-refractivity contribution in [3.63, 3.8) is 0 Å². The molecule has 1 aromatic rings. The van der Waals surface area contributed by atoms with Crippen molar-refractivity contribution in [2.24, 2.45) is 11.1 Å². The summed E-state index contributed by atoms with van der Waals surface area (Å²) in [6.07, 6.45) is 1.93. The Labute approximate surface area is 127 Å². The molecule has 1 aliphatic heterocycles. The first-order valence-corrected chi connectivity index (χ1v) is 7.58. The van der Waals surface area contributed by atoms with Gasteiger partial charge in [0.25, 0.3) is 0 Å². The largest absolute Gasteiger partial charge is 0.492 e. The predicted molar refractivity (Wildman–Crippen MR) is 87.3 cm³/mol. The first-order chi connectivity index (χ1) is 9.44. The Balaban J connectivity index is 1.73. The number of hydrogen-bond donors (Lipinski definition) is 1. The fraction of sp³-hybridized carbons (Fsp3) is 0.562. The molecule has 0 bridgehead atoms. The van der Waals surface area contributed by atoms with E-state index < -0.39 is 0 Å². The minimum Gasteiger partial charge on any atom is -0.492 e. The van der Waals surface area contributed by atoms with Gasteiger partial charge in [0.2, 0.25) is 0 Å². The number of ether oxygens (including phenoxy) is 1. The first kappa shape index (κ1) is 15.3. The van der Waals surface area contributed by atoms with E-state index in [4.69, 9.17) is 22.7 Å². The van der Waals surface area contributed by atoms with E-state index in [1.165, 1.54) is 19.5 Å². The van der Waals surface area contributed by atoms with Crippen LogP contribution in [0.3, 0.4) is 0 Å². The standard InChI is InChI=1S/C16H24N2OS/c1-16(2)7-8-18(12-16)9-10-19-14-5-3-13(4-6-14)11-15(17)20/h3-6H,7-12H2,1-2H3,(H2,17,20). The Kier molecular flexibility index (Phi) is 5.00. The van der Waals surface area contributed by atoms with Gasteiger partial charge in [-0.25, -0.2) is 0 Å². The Hall–Kier alpha value is -1.13. The zero-order chi connectivity index (χ0) is 14.6. The molecule has 0 amide bonds. The van der Waals surface area contributed by atoms with Crippen LogP contribution in [0.1, 0.15) is 25.8 Å². The lowest BCUT2D eigenvalue weighted by Crippen LogP contribution is -2.27. The molecule has 0 unspecified atom stereocenters. The van der Waals surface area contributed by atoms with Crippen LogP contribution >= 0.6 is 12.2 Å². The van der Waals surface area contributed by atoms with Crippen molar-refractivity contribution >= 4 is 17.2 Å². The third kappa shape index (κ3) is 4.76. The highest BCUT2D eigenvalue weighted by atomic mass is 32.1. The van der Waals surface area contributed by atoms with Crippen molar-refractivity contribution in [3.8, 4) is 5.75 Å². The topological polar surface area (TPSA) is 38.5 Å². The Bertz CT molecular complexity index is 456.